The quantitative estimate of drug-likeness (QED) is 0.891. The molecular formula is C16H18ClN3O. The van der Waals surface area contributed by atoms with Crippen molar-refractivity contribution in [1.29, 1.82) is 0 Å². The van der Waals surface area contributed by atoms with Gasteiger partial charge >= 0.3 is 0 Å². The fourth-order valence-corrected chi connectivity index (χ4v) is 2.88. The molecule has 0 bridgehead atoms. The van der Waals surface area contributed by atoms with E-state index in [2.05, 4.69) is 15.3 Å². The number of pyridine rings is 2. The minimum Gasteiger partial charge on any atom is -0.393 e. The summed E-state index contributed by atoms with van der Waals surface area (Å²) in [6, 6.07) is 9.73. The molecule has 0 aliphatic heterocycles. The zero-order valence-corrected chi connectivity index (χ0v) is 12.4. The van der Waals surface area contributed by atoms with Crippen LogP contribution in [0.15, 0.2) is 42.7 Å². The smallest absolute Gasteiger partial charge is 0.144 e. The van der Waals surface area contributed by atoms with Crippen molar-refractivity contribution >= 4 is 17.4 Å². The molecule has 3 rings (SSSR count). The van der Waals surface area contributed by atoms with Crippen LogP contribution in [0, 0.1) is 5.92 Å². The second-order valence-corrected chi connectivity index (χ2v) is 5.90. The summed E-state index contributed by atoms with van der Waals surface area (Å²) < 4.78 is 0. The largest absolute Gasteiger partial charge is 0.393 e. The molecule has 1 atom stereocenters. The molecule has 0 radical (unpaired) electrons. The maximum atomic E-state index is 9.57. The summed E-state index contributed by atoms with van der Waals surface area (Å²) >= 11 is 6.18. The summed E-state index contributed by atoms with van der Waals surface area (Å²) in [4.78, 5) is 8.68. The standard InChI is InChI=1S/C16H18ClN3O/c17-14-5-3-7-19-16(14)20-15(11-8-13(21)9-11)10-12-4-1-2-6-18-12/h1-7,11,13,15,21H,8-10H2,(H,19,20). The molecule has 2 heterocycles. The molecule has 2 N–H and O–H groups in total. The highest BCUT2D eigenvalue weighted by Crippen LogP contribution is 2.33. The first-order chi connectivity index (χ1) is 10.2. The Morgan fingerprint density at radius 1 is 1.19 bits per heavy atom. The summed E-state index contributed by atoms with van der Waals surface area (Å²) in [6.07, 6.45) is 5.77. The summed E-state index contributed by atoms with van der Waals surface area (Å²) in [6.45, 7) is 0. The molecule has 21 heavy (non-hydrogen) atoms. The van der Waals surface area contributed by atoms with Gasteiger partial charge < -0.3 is 10.4 Å². The third kappa shape index (κ3) is 3.52. The molecule has 1 unspecified atom stereocenters. The highest BCUT2D eigenvalue weighted by molar-refractivity contribution is 6.32. The fourth-order valence-electron chi connectivity index (χ4n) is 2.71. The summed E-state index contributed by atoms with van der Waals surface area (Å²) in [7, 11) is 0. The molecule has 1 fully saturated rings. The minimum absolute atomic E-state index is 0.177. The van der Waals surface area contributed by atoms with E-state index in [1.54, 1.807) is 12.4 Å². The van der Waals surface area contributed by atoms with Crippen LogP contribution in [0.5, 0.6) is 0 Å². The van der Waals surface area contributed by atoms with Crippen molar-refractivity contribution in [3.05, 3.63) is 53.4 Å². The van der Waals surface area contributed by atoms with Crippen LogP contribution in [0.2, 0.25) is 5.02 Å². The average molecular weight is 304 g/mol. The zero-order chi connectivity index (χ0) is 14.7. The van der Waals surface area contributed by atoms with E-state index >= 15 is 0 Å². The number of nitrogens with one attached hydrogen (secondary N) is 1. The molecule has 1 aliphatic rings. The van der Waals surface area contributed by atoms with Crippen LogP contribution in [0.4, 0.5) is 5.82 Å². The molecule has 2 aromatic rings. The number of hydrogen-bond donors (Lipinski definition) is 2. The van der Waals surface area contributed by atoms with Gasteiger partial charge in [-0.05, 0) is 43.0 Å². The lowest BCUT2D eigenvalue weighted by atomic mass is 9.76. The molecule has 2 aromatic heterocycles. The summed E-state index contributed by atoms with van der Waals surface area (Å²) in [5.41, 5.74) is 1.03. The van der Waals surface area contributed by atoms with Crippen molar-refractivity contribution in [1.82, 2.24) is 9.97 Å². The number of halogens is 1. The Morgan fingerprint density at radius 2 is 2.00 bits per heavy atom. The Hall–Kier alpha value is -1.65. The summed E-state index contributed by atoms with van der Waals surface area (Å²) in [5.74, 6) is 1.11. The maximum Gasteiger partial charge on any atom is 0.144 e. The van der Waals surface area contributed by atoms with Gasteiger partial charge in [-0.3, -0.25) is 4.98 Å². The van der Waals surface area contributed by atoms with Crippen LogP contribution >= 0.6 is 11.6 Å². The van der Waals surface area contributed by atoms with Gasteiger partial charge in [0.05, 0.1) is 11.1 Å². The SMILES string of the molecule is OC1CC(C(Cc2ccccn2)Nc2ncccc2Cl)C1. The second-order valence-electron chi connectivity index (χ2n) is 5.50. The molecule has 0 aromatic carbocycles. The van der Waals surface area contributed by atoms with E-state index in [9.17, 15) is 5.11 Å². The van der Waals surface area contributed by atoms with Crippen LogP contribution < -0.4 is 5.32 Å². The molecule has 1 saturated carbocycles. The number of aliphatic hydroxyl groups is 1. The predicted molar refractivity (Wildman–Crippen MR) is 83.3 cm³/mol. The normalized spacial score (nSPS) is 22.4. The van der Waals surface area contributed by atoms with Gasteiger partial charge in [-0.1, -0.05) is 17.7 Å². The molecular weight excluding hydrogens is 286 g/mol. The fraction of sp³-hybridized carbons (Fsp3) is 0.375. The van der Waals surface area contributed by atoms with Crippen molar-refractivity contribution in [3.63, 3.8) is 0 Å². The van der Waals surface area contributed by atoms with E-state index in [0.29, 0.717) is 16.8 Å². The van der Waals surface area contributed by atoms with Crippen molar-refractivity contribution in [3.8, 4) is 0 Å². The van der Waals surface area contributed by atoms with Gasteiger partial charge in [-0.15, -0.1) is 0 Å². The molecule has 5 heteroatoms. The van der Waals surface area contributed by atoms with Crippen LogP contribution in [0.1, 0.15) is 18.5 Å². The number of rotatable bonds is 5. The first-order valence-corrected chi connectivity index (χ1v) is 7.55. The number of aromatic nitrogens is 2. The summed E-state index contributed by atoms with van der Waals surface area (Å²) in [5, 5.41) is 13.6. The Labute approximate surface area is 129 Å². The highest BCUT2D eigenvalue weighted by Gasteiger charge is 2.34. The molecule has 1 aliphatic carbocycles. The van der Waals surface area contributed by atoms with Gasteiger partial charge in [0.15, 0.2) is 0 Å². The number of aliphatic hydroxyl groups excluding tert-OH is 1. The number of nitrogens with zero attached hydrogens (tertiary/aromatic N) is 2. The minimum atomic E-state index is -0.178. The topological polar surface area (TPSA) is 58.0 Å². The van der Waals surface area contributed by atoms with Crippen molar-refractivity contribution in [2.24, 2.45) is 5.92 Å². The Morgan fingerprint density at radius 3 is 2.67 bits per heavy atom. The number of anilines is 1. The molecule has 0 spiro atoms. The lowest BCUT2D eigenvalue weighted by molar-refractivity contribution is 0.0340. The van der Waals surface area contributed by atoms with E-state index in [4.69, 9.17) is 11.6 Å². The second kappa shape index (κ2) is 6.41. The molecule has 0 amide bonds. The zero-order valence-electron chi connectivity index (χ0n) is 11.6. The third-order valence-electron chi connectivity index (χ3n) is 3.95. The first kappa shape index (κ1) is 14.3. The maximum absolute atomic E-state index is 9.57. The Balaban J connectivity index is 1.75. The highest BCUT2D eigenvalue weighted by atomic mass is 35.5. The van der Waals surface area contributed by atoms with Gasteiger partial charge in [-0.25, -0.2) is 4.98 Å². The van der Waals surface area contributed by atoms with E-state index in [1.807, 2.05) is 30.3 Å². The van der Waals surface area contributed by atoms with Gasteiger partial charge in [0, 0.05) is 30.6 Å². The number of hydrogen-bond acceptors (Lipinski definition) is 4. The van der Waals surface area contributed by atoms with Crippen molar-refractivity contribution < 1.29 is 5.11 Å². The molecule has 0 saturated heterocycles. The van der Waals surface area contributed by atoms with Gasteiger partial charge in [0.2, 0.25) is 0 Å². The average Bonchev–Trinajstić information content (AvgIpc) is 2.47. The Kier molecular flexibility index (Phi) is 4.36. The van der Waals surface area contributed by atoms with Crippen LogP contribution in [-0.2, 0) is 6.42 Å². The lowest BCUT2D eigenvalue weighted by Gasteiger charge is -2.38. The van der Waals surface area contributed by atoms with Crippen molar-refractivity contribution in [2.45, 2.75) is 31.4 Å². The van der Waals surface area contributed by atoms with Crippen molar-refractivity contribution in [2.75, 3.05) is 5.32 Å². The van der Waals surface area contributed by atoms with E-state index < -0.39 is 0 Å². The lowest BCUT2D eigenvalue weighted by Crippen LogP contribution is -2.42. The van der Waals surface area contributed by atoms with E-state index in [1.165, 1.54) is 0 Å². The van der Waals surface area contributed by atoms with E-state index in [0.717, 1.165) is 25.0 Å². The van der Waals surface area contributed by atoms with Crippen LogP contribution in [0.25, 0.3) is 0 Å². The van der Waals surface area contributed by atoms with Gasteiger partial charge in [0.25, 0.3) is 0 Å². The van der Waals surface area contributed by atoms with Crippen LogP contribution in [0.3, 0.4) is 0 Å². The van der Waals surface area contributed by atoms with Crippen LogP contribution in [-0.4, -0.2) is 27.2 Å². The molecule has 4 nitrogen and oxygen atoms in total. The third-order valence-corrected chi connectivity index (χ3v) is 4.26. The van der Waals surface area contributed by atoms with E-state index in [-0.39, 0.29) is 12.1 Å². The predicted octanol–water partition coefficient (Wildman–Crippen LogP) is 2.92. The van der Waals surface area contributed by atoms with Gasteiger partial charge in [0.1, 0.15) is 5.82 Å². The monoisotopic (exact) mass is 303 g/mol. The first-order valence-electron chi connectivity index (χ1n) is 7.17. The van der Waals surface area contributed by atoms with Gasteiger partial charge in [-0.2, -0.15) is 0 Å². The molecule has 110 valence electrons. The Bertz CT molecular complexity index is 587.